The summed E-state index contributed by atoms with van der Waals surface area (Å²) in [5.41, 5.74) is 3.40. The maximum Gasteiger partial charge on any atom is 0.285 e. The molecular weight excluding hydrogens is 689 g/mol. The Morgan fingerprint density at radius 2 is 1.52 bits per heavy atom. The van der Waals surface area contributed by atoms with E-state index < -0.39 is 17.9 Å². The zero-order chi connectivity index (χ0) is 35.5. The zero-order valence-electron chi connectivity index (χ0n) is 27.1. The Kier molecular flexibility index (Phi) is 12.6. The summed E-state index contributed by atoms with van der Waals surface area (Å²) in [7, 11) is 0. The molecule has 5 rings (SSSR count). The molecule has 0 aliphatic carbocycles. The number of aliphatic imine (C=N–C) groups is 1. The molecule has 50 heavy (non-hydrogen) atoms. The molecule has 0 atom stereocenters. The fourth-order valence-corrected chi connectivity index (χ4v) is 6.51. The number of benzene rings is 4. The lowest BCUT2D eigenvalue weighted by Crippen LogP contribution is -2.42. The summed E-state index contributed by atoms with van der Waals surface area (Å²) in [6.07, 6.45) is 7.99. The van der Waals surface area contributed by atoms with Crippen molar-refractivity contribution >= 4 is 63.9 Å². The van der Waals surface area contributed by atoms with Gasteiger partial charge in [-0.05, 0) is 53.5 Å². The van der Waals surface area contributed by atoms with E-state index in [1.165, 1.54) is 11.0 Å². The lowest BCUT2D eigenvalue weighted by molar-refractivity contribution is -0.126. The number of hydrogen-bond donors (Lipinski definition) is 1. The number of thioether (sulfide) groups is 1. The van der Waals surface area contributed by atoms with Crippen molar-refractivity contribution in [3.05, 3.63) is 178 Å². The van der Waals surface area contributed by atoms with Crippen LogP contribution in [0.4, 0.5) is 0 Å². The van der Waals surface area contributed by atoms with Gasteiger partial charge in [-0.3, -0.25) is 19.3 Å². The molecule has 0 bridgehead atoms. The number of halogens is 2. The highest BCUT2D eigenvalue weighted by Gasteiger charge is 2.35. The topological polar surface area (TPSA) is 88.1 Å². The Bertz CT molecular complexity index is 1930. The average Bonchev–Trinajstić information content (AvgIpc) is 3.13. The minimum atomic E-state index is -0.764. The Morgan fingerprint density at radius 3 is 2.08 bits per heavy atom. The first-order valence-electron chi connectivity index (χ1n) is 15.6. The fourth-order valence-electron chi connectivity index (χ4n) is 5.09. The van der Waals surface area contributed by atoms with Gasteiger partial charge in [-0.2, -0.15) is 4.99 Å². The Balaban J connectivity index is 1.39. The average molecular weight is 723 g/mol. The molecule has 0 fully saturated rings. The van der Waals surface area contributed by atoms with Crippen LogP contribution >= 0.6 is 35.0 Å². The largest absolute Gasteiger partial charge is 0.486 e. The van der Waals surface area contributed by atoms with Crippen LogP contribution in [-0.4, -0.2) is 33.5 Å². The Labute approximate surface area is 305 Å². The smallest absolute Gasteiger partial charge is 0.285 e. The molecule has 7 nitrogen and oxygen atoms in total. The molecule has 0 saturated carbocycles. The van der Waals surface area contributed by atoms with E-state index in [1.807, 2.05) is 91.0 Å². The summed E-state index contributed by atoms with van der Waals surface area (Å²) in [5.74, 6) is -1.52. The van der Waals surface area contributed by atoms with Gasteiger partial charge in [0, 0.05) is 5.70 Å². The quantitative estimate of drug-likeness (QED) is 0.0897. The van der Waals surface area contributed by atoms with Crippen LogP contribution in [0.25, 0.3) is 6.08 Å². The van der Waals surface area contributed by atoms with E-state index in [-0.39, 0.29) is 44.8 Å². The van der Waals surface area contributed by atoms with Crippen LogP contribution in [0.5, 0.6) is 5.75 Å². The number of nitrogens with one attached hydrogen (secondary N) is 1. The number of ether oxygens (including phenoxy) is 1. The second-order valence-corrected chi connectivity index (χ2v) is 12.7. The highest BCUT2D eigenvalue weighted by molar-refractivity contribution is 8.14. The monoisotopic (exact) mass is 721 g/mol. The minimum absolute atomic E-state index is 0.0609. The molecule has 0 unspecified atom stereocenters. The number of rotatable bonds is 12. The highest BCUT2D eigenvalue weighted by atomic mass is 35.5. The van der Waals surface area contributed by atoms with E-state index in [0.717, 1.165) is 28.5 Å². The van der Waals surface area contributed by atoms with Crippen LogP contribution in [0.15, 0.2) is 150 Å². The summed E-state index contributed by atoms with van der Waals surface area (Å²) >= 11 is 14.1. The fraction of sp³-hybridized carbons (Fsp3) is 0.100. The van der Waals surface area contributed by atoms with Gasteiger partial charge in [0.15, 0.2) is 10.9 Å². The number of allylic oxidation sites excluding steroid dienone is 4. The van der Waals surface area contributed by atoms with E-state index in [4.69, 9.17) is 27.9 Å². The first-order chi connectivity index (χ1) is 24.3. The number of nitrogens with zero attached hydrogens (tertiary/aromatic N) is 2. The number of amides is 3. The molecule has 10 heteroatoms. The molecule has 1 N–H and O–H groups in total. The second kappa shape index (κ2) is 17.5. The highest BCUT2D eigenvalue weighted by Crippen LogP contribution is 2.36. The normalized spacial score (nSPS) is 14.3. The third-order valence-electron chi connectivity index (χ3n) is 7.47. The zero-order valence-corrected chi connectivity index (χ0v) is 29.4. The minimum Gasteiger partial charge on any atom is -0.486 e. The Hall–Kier alpha value is -5.15. The lowest BCUT2D eigenvalue weighted by Gasteiger charge is -2.28. The van der Waals surface area contributed by atoms with Crippen molar-refractivity contribution in [2.75, 3.05) is 5.75 Å². The number of hydrogen-bond acceptors (Lipinski definition) is 5. The van der Waals surface area contributed by atoms with Crippen LogP contribution in [0.2, 0.25) is 10.0 Å². The van der Waals surface area contributed by atoms with Crippen molar-refractivity contribution < 1.29 is 19.1 Å². The molecule has 3 amide bonds. The van der Waals surface area contributed by atoms with E-state index in [1.54, 1.807) is 43.4 Å². The number of carbonyl (C=O) groups excluding carboxylic acids is 3. The Morgan fingerprint density at radius 1 is 0.940 bits per heavy atom. The van der Waals surface area contributed by atoms with Crippen LogP contribution in [0, 0.1) is 0 Å². The number of amidine groups is 1. The van der Waals surface area contributed by atoms with Crippen molar-refractivity contribution in [2.45, 2.75) is 19.6 Å². The molecule has 1 aliphatic heterocycles. The van der Waals surface area contributed by atoms with Crippen LogP contribution in [0.3, 0.4) is 0 Å². The van der Waals surface area contributed by atoms with Crippen molar-refractivity contribution in [1.29, 1.82) is 0 Å². The van der Waals surface area contributed by atoms with Crippen molar-refractivity contribution in [1.82, 2.24) is 10.2 Å². The molecule has 252 valence electrons. The molecule has 1 heterocycles. The molecule has 0 aromatic heterocycles. The standard InChI is InChI=1S/C40H33Cl2N3O4S/c1-3-5-21-31(4-2)45-39(48)32(22-28-23-33(41)37(34(42)24-28)49-25-27-15-9-6-10-16-27)38(47)44-40(45)50-26-35(46)43-36(29-17-11-7-12-18-29)30-19-13-8-14-20-30/h3-24,36H,1,25-26H2,2H3,(H,43,46)/b21-5-,31-4+,32-22+. The molecule has 0 spiro atoms. The summed E-state index contributed by atoms with van der Waals surface area (Å²) < 4.78 is 5.87. The molecule has 4 aromatic carbocycles. The summed E-state index contributed by atoms with van der Waals surface area (Å²) in [5, 5.41) is 3.58. The van der Waals surface area contributed by atoms with Crippen LogP contribution in [-0.2, 0) is 21.0 Å². The van der Waals surface area contributed by atoms with Gasteiger partial charge in [0.05, 0.1) is 21.8 Å². The molecular formula is C40H33Cl2N3O4S. The van der Waals surface area contributed by atoms with Gasteiger partial charge in [-0.15, -0.1) is 0 Å². The van der Waals surface area contributed by atoms with E-state index in [9.17, 15) is 14.4 Å². The molecule has 0 radical (unpaired) electrons. The first kappa shape index (κ1) is 36.1. The molecule has 4 aromatic rings. The van der Waals surface area contributed by atoms with Crippen molar-refractivity contribution in [3.63, 3.8) is 0 Å². The van der Waals surface area contributed by atoms with Gasteiger partial charge >= 0.3 is 0 Å². The van der Waals surface area contributed by atoms with E-state index in [0.29, 0.717) is 11.3 Å². The van der Waals surface area contributed by atoms with Gasteiger partial charge in [-0.1, -0.05) is 151 Å². The summed E-state index contributed by atoms with van der Waals surface area (Å²) in [6, 6.07) is 31.5. The maximum absolute atomic E-state index is 14.1. The summed E-state index contributed by atoms with van der Waals surface area (Å²) in [4.78, 5) is 46.4. The number of carbonyl (C=O) groups is 3. The molecule has 1 aliphatic rings. The predicted molar refractivity (Wildman–Crippen MR) is 203 cm³/mol. The van der Waals surface area contributed by atoms with Gasteiger partial charge in [-0.25, -0.2) is 0 Å². The van der Waals surface area contributed by atoms with Crippen molar-refractivity contribution in [3.8, 4) is 5.75 Å². The summed E-state index contributed by atoms with van der Waals surface area (Å²) in [6.45, 7) is 5.72. The van der Waals surface area contributed by atoms with Crippen LogP contribution in [0.1, 0.15) is 35.2 Å². The second-order valence-electron chi connectivity index (χ2n) is 10.9. The first-order valence-corrected chi connectivity index (χ1v) is 17.4. The molecule has 0 saturated heterocycles. The van der Waals surface area contributed by atoms with Crippen LogP contribution < -0.4 is 10.1 Å². The SMILES string of the molecule is C=C/C=C\C(=C/C)N1C(=O)/C(=C/c2cc(Cl)c(OCc3ccccc3)c(Cl)c2)C(=O)N=C1SCC(=O)NC(c1ccccc1)c1ccccc1. The maximum atomic E-state index is 14.1. The predicted octanol–water partition coefficient (Wildman–Crippen LogP) is 8.97. The van der Waals surface area contributed by atoms with Crippen molar-refractivity contribution in [2.24, 2.45) is 4.99 Å². The van der Waals surface area contributed by atoms with Gasteiger partial charge in [0.25, 0.3) is 11.8 Å². The van der Waals surface area contributed by atoms with Gasteiger partial charge < -0.3 is 10.1 Å². The third kappa shape index (κ3) is 9.09. The lowest BCUT2D eigenvalue weighted by atomic mass is 9.99. The van der Waals surface area contributed by atoms with Gasteiger partial charge in [0.2, 0.25) is 5.91 Å². The third-order valence-corrected chi connectivity index (χ3v) is 8.97. The van der Waals surface area contributed by atoms with Gasteiger partial charge in [0.1, 0.15) is 12.2 Å². The van der Waals surface area contributed by atoms with E-state index in [2.05, 4.69) is 16.9 Å². The van der Waals surface area contributed by atoms with E-state index >= 15 is 0 Å².